The number of benzene rings is 2. The Labute approximate surface area is 304 Å². The van der Waals surface area contributed by atoms with Crippen molar-refractivity contribution in [2.24, 2.45) is 0 Å². The van der Waals surface area contributed by atoms with Gasteiger partial charge in [0.1, 0.15) is 29.0 Å². The normalized spacial score (nSPS) is 13.3. The van der Waals surface area contributed by atoms with E-state index in [0.717, 1.165) is 5.39 Å². The van der Waals surface area contributed by atoms with Gasteiger partial charge in [-0.1, -0.05) is 36.4 Å². The number of para-hydroxylation sites is 2. The number of fused-ring (bicyclic) bond motifs is 2. The van der Waals surface area contributed by atoms with Crippen molar-refractivity contribution >= 4 is 51.9 Å². The van der Waals surface area contributed by atoms with Crippen molar-refractivity contribution in [1.82, 2.24) is 24.7 Å². The van der Waals surface area contributed by atoms with Crippen LogP contribution in [0.25, 0.3) is 21.8 Å². The minimum Gasteiger partial charge on any atom is -0.444 e. The molecular formula is C39H51N5O8. The highest BCUT2D eigenvalue weighted by atomic mass is 16.6. The molecule has 0 fully saturated rings. The lowest BCUT2D eigenvalue weighted by atomic mass is 10.0. The van der Waals surface area contributed by atoms with Gasteiger partial charge in [0, 0.05) is 50.0 Å². The molecular weight excluding hydrogens is 666 g/mol. The van der Waals surface area contributed by atoms with Crippen LogP contribution >= 0.6 is 0 Å². The number of nitrogens with zero attached hydrogens (tertiary/aromatic N) is 3. The summed E-state index contributed by atoms with van der Waals surface area (Å²) in [6, 6.07) is 13.3. The van der Waals surface area contributed by atoms with Crippen molar-refractivity contribution in [3.8, 4) is 0 Å². The molecule has 2 heterocycles. The molecule has 0 saturated heterocycles. The number of alkyl carbamates (subject to hydrolysis) is 1. The molecule has 0 aliphatic carbocycles. The third kappa shape index (κ3) is 10.1. The van der Waals surface area contributed by atoms with E-state index in [1.165, 1.54) is 21.0 Å². The van der Waals surface area contributed by atoms with E-state index in [2.05, 4.69) is 10.6 Å². The largest absolute Gasteiger partial charge is 0.444 e. The van der Waals surface area contributed by atoms with Gasteiger partial charge in [0.2, 0.25) is 11.8 Å². The molecule has 0 saturated carbocycles. The van der Waals surface area contributed by atoms with E-state index >= 15 is 0 Å². The van der Waals surface area contributed by atoms with E-state index in [-0.39, 0.29) is 18.7 Å². The standard InChI is InChI=1S/C39H51N5O8/c1-24(45)42(11)32(21-26-23-44(36(49)52-39(8,9)10)31-19-15-13-17-28(26)31)41-33(46)29(40-34(47)50-37(2,3)4)20-25-22-43(35(48)51-38(5,6)7)30-18-14-12-16-27(25)30/h12-19,22-23,29,32H,20-21H2,1-11H3,(H,40,47)(H,41,46)/t29-,32+/m1/s1. The Kier molecular flexibility index (Phi) is 11.5. The molecule has 4 aromatic rings. The first-order chi connectivity index (χ1) is 24.0. The van der Waals surface area contributed by atoms with Gasteiger partial charge in [-0.2, -0.15) is 0 Å². The predicted octanol–water partition coefficient (Wildman–Crippen LogP) is 6.76. The number of aromatic nitrogens is 2. The molecule has 0 aliphatic rings. The van der Waals surface area contributed by atoms with E-state index in [1.807, 2.05) is 24.3 Å². The van der Waals surface area contributed by atoms with Crippen molar-refractivity contribution in [3.05, 3.63) is 72.1 Å². The van der Waals surface area contributed by atoms with Crippen LogP contribution in [0.2, 0.25) is 0 Å². The van der Waals surface area contributed by atoms with Crippen LogP contribution in [0.3, 0.4) is 0 Å². The van der Waals surface area contributed by atoms with Crippen LogP contribution in [0.1, 0.15) is 80.4 Å². The lowest BCUT2D eigenvalue weighted by molar-refractivity contribution is -0.132. The van der Waals surface area contributed by atoms with Crippen LogP contribution in [-0.2, 0) is 36.6 Å². The zero-order valence-electron chi connectivity index (χ0n) is 32.0. The Bertz CT molecular complexity index is 1970. The smallest absolute Gasteiger partial charge is 0.419 e. The monoisotopic (exact) mass is 717 g/mol. The first kappa shape index (κ1) is 39.5. The summed E-state index contributed by atoms with van der Waals surface area (Å²) in [4.78, 5) is 67.9. The minimum atomic E-state index is -1.20. The number of nitrogens with one attached hydrogen (secondary N) is 2. The molecule has 0 bridgehead atoms. The number of amides is 3. The molecule has 0 radical (unpaired) electrons. The lowest BCUT2D eigenvalue weighted by Crippen LogP contribution is -2.56. The molecule has 52 heavy (non-hydrogen) atoms. The van der Waals surface area contributed by atoms with Gasteiger partial charge < -0.3 is 29.7 Å². The Morgan fingerprint density at radius 1 is 0.654 bits per heavy atom. The number of hydrogen-bond acceptors (Lipinski definition) is 8. The first-order valence-electron chi connectivity index (χ1n) is 17.2. The SMILES string of the molecule is CC(=O)N(C)[C@@H](Cc1cn(C(=O)OC(C)(C)C)c2ccccc12)NC(=O)[C@@H](Cc1cn(C(=O)OC(C)(C)C)c2ccccc12)NC(=O)OC(C)(C)C. The van der Waals surface area contributed by atoms with Gasteiger partial charge in [-0.25, -0.2) is 14.4 Å². The molecule has 2 aromatic carbocycles. The molecule has 2 N–H and O–H groups in total. The van der Waals surface area contributed by atoms with Crippen molar-refractivity contribution < 1.29 is 38.2 Å². The van der Waals surface area contributed by atoms with Gasteiger partial charge in [-0.15, -0.1) is 0 Å². The van der Waals surface area contributed by atoms with Gasteiger partial charge >= 0.3 is 18.3 Å². The van der Waals surface area contributed by atoms with Gasteiger partial charge in [0.25, 0.3) is 0 Å². The molecule has 0 aliphatic heterocycles. The quantitative estimate of drug-likeness (QED) is 0.150. The van der Waals surface area contributed by atoms with Crippen molar-refractivity contribution in [1.29, 1.82) is 0 Å². The van der Waals surface area contributed by atoms with Crippen molar-refractivity contribution in [2.45, 2.75) is 111 Å². The lowest BCUT2D eigenvalue weighted by Gasteiger charge is -2.30. The maximum Gasteiger partial charge on any atom is 0.419 e. The molecule has 4 rings (SSSR count). The number of likely N-dealkylation sites (N-methyl/N-ethyl adjacent to an activating group) is 1. The molecule has 280 valence electrons. The minimum absolute atomic E-state index is 0.0319. The van der Waals surface area contributed by atoms with Gasteiger partial charge in [0.05, 0.1) is 11.0 Å². The fraction of sp³-hybridized carbons (Fsp3) is 0.462. The molecule has 2 aromatic heterocycles. The summed E-state index contributed by atoms with van der Waals surface area (Å²) in [7, 11) is 1.56. The molecule has 13 nitrogen and oxygen atoms in total. The highest BCUT2D eigenvalue weighted by molar-refractivity contribution is 5.94. The van der Waals surface area contributed by atoms with E-state index in [4.69, 9.17) is 14.2 Å². The van der Waals surface area contributed by atoms with E-state index in [9.17, 15) is 24.0 Å². The number of hydrogen-bond donors (Lipinski definition) is 2. The van der Waals surface area contributed by atoms with E-state index in [1.54, 1.807) is 106 Å². The number of ether oxygens (including phenoxy) is 3. The van der Waals surface area contributed by atoms with Crippen LogP contribution in [0, 0.1) is 0 Å². The third-order valence-electron chi connectivity index (χ3n) is 7.89. The second kappa shape index (κ2) is 15.1. The van der Waals surface area contributed by atoms with E-state index < -0.39 is 53.2 Å². The highest BCUT2D eigenvalue weighted by Crippen LogP contribution is 2.26. The number of carbonyl (C=O) groups excluding carboxylic acids is 5. The van der Waals surface area contributed by atoms with Crippen LogP contribution in [0.4, 0.5) is 14.4 Å². The van der Waals surface area contributed by atoms with Crippen molar-refractivity contribution in [3.63, 3.8) is 0 Å². The zero-order valence-corrected chi connectivity index (χ0v) is 32.0. The second-order valence-electron chi connectivity index (χ2n) is 15.8. The Hall–Kier alpha value is -5.33. The highest BCUT2D eigenvalue weighted by Gasteiger charge is 2.31. The number of carbonyl (C=O) groups is 5. The summed E-state index contributed by atoms with van der Waals surface area (Å²) in [5.74, 6) is -0.924. The number of rotatable bonds is 8. The topological polar surface area (TPSA) is 150 Å². The van der Waals surface area contributed by atoms with Crippen LogP contribution in [0.5, 0.6) is 0 Å². The van der Waals surface area contributed by atoms with Crippen LogP contribution < -0.4 is 10.6 Å². The Balaban J connectivity index is 1.72. The second-order valence-corrected chi connectivity index (χ2v) is 15.8. The molecule has 0 unspecified atom stereocenters. The first-order valence-corrected chi connectivity index (χ1v) is 17.2. The summed E-state index contributed by atoms with van der Waals surface area (Å²) < 4.78 is 19.6. The molecule has 0 spiro atoms. The zero-order chi connectivity index (χ0) is 38.8. The molecule has 2 atom stereocenters. The van der Waals surface area contributed by atoms with Gasteiger partial charge in [-0.05, 0) is 85.6 Å². The summed E-state index contributed by atoms with van der Waals surface area (Å²) >= 11 is 0. The average Bonchev–Trinajstić information content (AvgIpc) is 3.56. The summed E-state index contributed by atoms with van der Waals surface area (Å²) in [5.41, 5.74) is 0.111. The summed E-state index contributed by atoms with van der Waals surface area (Å²) in [6.07, 6.45) is 0.459. The Morgan fingerprint density at radius 2 is 1.08 bits per heavy atom. The maximum absolute atomic E-state index is 14.3. The third-order valence-corrected chi connectivity index (χ3v) is 7.89. The predicted molar refractivity (Wildman–Crippen MR) is 198 cm³/mol. The molecule has 13 heteroatoms. The fourth-order valence-electron chi connectivity index (χ4n) is 5.61. The maximum atomic E-state index is 14.3. The average molecular weight is 718 g/mol. The summed E-state index contributed by atoms with van der Waals surface area (Å²) in [5, 5.41) is 7.08. The van der Waals surface area contributed by atoms with Gasteiger partial charge in [-0.3, -0.25) is 18.7 Å². The summed E-state index contributed by atoms with van der Waals surface area (Å²) in [6.45, 7) is 17.2. The van der Waals surface area contributed by atoms with Crippen molar-refractivity contribution in [2.75, 3.05) is 7.05 Å². The van der Waals surface area contributed by atoms with Gasteiger partial charge in [0.15, 0.2) is 0 Å². The Morgan fingerprint density at radius 3 is 1.50 bits per heavy atom. The van der Waals surface area contributed by atoms with E-state index in [0.29, 0.717) is 27.5 Å². The fourth-order valence-corrected chi connectivity index (χ4v) is 5.61. The van der Waals surface area contributed by atoms with Crippen LogP contribution in [-0.4, -0.2) is 80.2 Å². The van der Waals surface area contributed by atoms with Crippen LogP contribution in [0.15, 0.2) is 60.9 Å². The molecule has 3 amide bonds.